The summed E-state index contributed by atoms with van der Waals surface area (Å²) in [5, 5.41) is 0. The maximum absolute atomic E-state index is 12.5. The molecule has 1 aliphatic heterocycles. The molecule has 3 nitrogen and oxygen atoms in total. The van der Waals surface area contributed by atoms with Crippen LogP contribution < -0.4 is 0 Å². The van der Waals surface area contributed by atoms with Crippen molar-refractivity contribution in [2.45, 2.75) is 27.2 Å². The smallest absolute Gasteiger partial charge is 0.254 e. The second kappa shape index (κ2) is 5.08. The summed E-state index contributed by atoms with van der Waals surface area (Å²) in [6.45, 7) is 6.67. The van der Waals surface area contributed by atoms with Gasteiger partial charge in [-0.05, 0) is 31.0 Å². The number of hydrogen-bond donors (Lipinski definition) is 0. The zero-order valence-electron chi connectivity index (χ0n) is 11.5. The van der Waals surface area contributed by atoms with Crippen LogP contribution in [0.25, 0.3) is 0 Å². The van der Waals surface area contributed by atoms with Gasteiger partial charge in [-0.15, -0.1) is 0 Å². The highest BCUT2D eigenvalue weighted by Crippen LogP contribution is 2.28. The molecule has 1 aliphatic rings. The van der Waals surface area contributed by atoms with Gasteiger partial charge in [0.2, 0.25) is 0 Å². The molecule has 1 aromatic carbocycles. The Morgan fingerprint density at radius 2 is 2.05 bits per heavy atom. The standard InChI is InChI=1S/C15H18BrNO2/c1-10-4-5-11(16)8-12(10)14(19)17-7-6-15(2,3)13(18)9-17/h4-5,8H,6-7,9H2,1-3H3. The van der Waals surface area contributed by atoms with Gasteiger partial charge in [0.25, 0.3) is 5.91 Å². The van der Waals surface area contributed by atoms with E-state index in [0.29, 0.717) is 12.1 Å². The molecule has 1 fully saturated rings. The van der Waals surface area contributed by atoms with E-state index in [1.807, 2.05) is 39.0 Å². The first-order chi connectivity index (χ1) is 8.81. The average Bonchev–Trinajstić information content (AvgIpc) is 2.35. The van der Waals surface area contributed by atoms with Crippen molar-refractivity contribution in [3.05, 3.63) is 33.8 Å². The van der Waals surface area contributed by atoms with Crippen LogP contribution in [0.2, 0.25) is 0 Å². The molecule has 0 unspecified atom stereocenters. The number of Topliss-reactive ketones (excluding diaryl/α,β-unsaturated/α-hetero) is 1. The van der Waals surface area contributed by atoms with E-state index in [4.69, 9.17) is 0 Å². The second-order valence-corrected chi connectivity index (χ2v) is 6.66. The van der Waals surface area contributed by atoms with Crippen molar-refractivity contribution in [3.63, 3.8) is 0 Å². The first-order valence-corrected chi connectivity index (χ1v) is 7.19. The van der Waals surface area contributed by atoms with Crippen LogP contribution in [0.1, 0.15) is 36.2 Å². The third-order valence-electron chi connectivity index (χ3n) is 3.81. The van der Waals surface area contributed by atoms with E-state index in [2.05, 4.69) is 15.9 Å². The largest absolute Gasteiger partial charge is 0.331 e. The monoisotopic (exact) mass is 323 g/mol. The quantitative estimate of drug-likeness (QED) is 0.795. The number of carbonyl (C=O) groups is 2. The molecule has 1 saturated heterocycles. The van der Waals surface area contributed by atoms with Gasteiger partial charge in [-0.2, -0.15) is 0 Å². The lowest BCUT2D eigenvalue weighted by Gasteiger charge is -2.35. The maximum atomic E-state index is 12.5. The van der Waals surface area contributed by atoms with Crippen LogP contribution in [0, 0.1) is 12.3 Å². The molecule has 19 heavy (non-hydrogen) atoms. The van der Waals surface area contributed by atoms with Crippen LogP contribution >= 0.6 is 15.9 Å². The topological polar surface area (TPSA) is 37.4 Å². The number of benzene rings is 1. The van der Waals surface area contributed by atoms with E-state index >= 15 is 0 Å². The molecule has 0 N–H and O–H groups in total. The van der Waals surface area contributed by atoms with Crippen LogP contribution in [0.4, 0.5) is 0 Å². The Labute approximate surface area is 122 Å². The zero-order chi connectivity index (χ0) is 14.2. The predicted molar refractivity (Wildman–Crippen MR) is 78.2 cm³/mol. The van der Waals surface area contributed by atoms with Gasteiger partial charge in [0, 0.05) is 22.0 Å². The number of nitrogens with zero attached hydrogens (tertiary/aromatic N) is 1. The number of rotatable bonds is 1. The lowest BCUT2D eigenvalue weighted by Crippen LogP contribution is -2.47. The van der Waals surface area contributed by atoms with E-state index in [0.717, 1.165) is 16.5 Å². The van der Waals surface area contributed by atoms with Crippen LogP contribution in [0.5, 0.6) is 0 Å². The predicted octanol–water partition coefficient (Wildman–Crippen LogP) is 3.20. The van der Waals surface area contributed by atoms with Crippen LogP contribution in [0.3, 0.4) is 0 Å². The Bertz CT molecular complexity index is 537. The van der Waals surface area contributed by atoms with Crippen molar-refractivity contribution in [1.82, 2.24) is 4.90 Å². The summed E-state index contributed by atoms with van der Waals surface area (Å²) in [6.07, 6.45) is 0.727. The molecule has 1 aromatic rings. The minimum Gasteiger partial charge on any atom is -0.331 e. The van der Waals surface area contributed by atoms with E-state index in [1.54, 1.807) is 4.90 Å². The average molecular weight is 324 g/mol. The van der Waals surface area contributed by atoms with Crippen molar-refractivity contribution in [2.75, 3.05) is 13.1 Å². The van der Waals surface area contributed by atoms with E-state index in [1.165, 1.54) is 0 Å². The van der Waals surface area contributed by atoms with Gasteiger partial charge >= 0.3 is 0 Å². The van der Waals surface area contributed by atoms with Crippen LogP contribution in [0.15, 0.2) is 22.7 Å². The molecule has 2 rings (SSSR count). The summed E-state index contributed by atoms with van der Waals surface area (Å²) in [6, 6.07) is 5.64. The zero-order valence-corrected chi connectivity index (χ0v) is 13.1. The van der Waals surface area contributed by atoms with Crippen molar-refractivity contribution < 1.29 is 9.59 Å². The lowest BCUT2D eigenvalue weighted by molar-refractivity contribution is -0.130. The first-order valence-electron chi connectivity index (χ1n) is 6.40. The minimum atomic E-state index is -0.302. The summed E-state index contributed by atoms with van der Waals surface area (Å²) >= 11 is 3.38. The molecular formula is C15H18BrNO2. The fraction of sp³-hybridized carbons (Fsp3) is 0.467. The number of amides is 1. The Morgan fingerprint density at radius 1 is 1.37 bits per heavy atom. The highest BCUT2D eigenvalue weighted by atomic mass is 79.9. The highest BCUT2D eigenvalue weighted by molar-refractivity contribution is 9.10. The molecule has 102 valence electrons. The van der Waals surface area contributed by atoms with Crippen molar-refractivity contribution in [1.29, 1.82) is 0 Å². The molecule has 4 heteroatoms. The molecule has 0 radical (unpaired) electrons. The van der Waals surface area contributed by atoms with Gasteiger partial charge in [0.1, 0.15) is 0 Å². The Balaban J connectivity index is 2.22. The molecule has 1 heterocycles. The minimum absolute atomic E-state index is 0.0531. The normalized spacial score (nSPS) is 18.5. The summed E-state index contributed by atoms with van der Waals surface area (Å²) in [5.74, 6) is 0.0856. The van der Waals surface area contributed by atoms with Gasteiger partial charge in [-0.1, -0.05) is 35.8 Å². The SMILES string of the molecule is Cc1ccc(Br)cc1C(=O)N1CCC(C)(C)C(=O)C1. The fourth-order valence-corrected chi connectivity index (χ4v) is 2.55. The number of hydrogen-bond acceptors (Lipinski definition) is 2. The van der Waals surface area contributed by atoms with E-state index in [-0.39, 0.29) is 23.7 Å². The van der Waals surface area contributed by atoms with Crippen LogP contribution in [-0.2, 0) is 4.79 Å². The highest BCUT2D eigenvalue weighted by Gasteiger charge is 2.35. The van der Waals surface area contributed by atoms with Gasteiger partial charge in [-0.3, -0.25) is 9.59 Å². The van der Waals surface area contributed by atoms with Crippen molar-refractivity contribution in [2.24, 2.45) is 5.41 Å². The second-order valence-electron chi connectivity index (χ2n) is 5.74. The van der Waals surface area contributed by atoms with E-state index in [9.17, 15) is 9.59 Å². The van der Waals surface area contributed by atoms with Crippen LogP contribution in [-0.4, -0.2) is 29.7 Å². The molecule has 0 atom stereocenters. The third kappa shape index (κ3) is 2.89. The molecule has 0 bridgehead atoms. The fourth-order valence-electron chi connectivity index (χ4n) is 2.19. The van der Waals surface area contributed by atoms with Gasteiger partial charge < -0.3 is 4.90 Å². The lowest BCUT2D eigenvalue weighted by atomic mass is 9.81. The first kappa shape index (κ1) is 14.3. The number of piperidine rings is 1. The number of carbonyl (C=O) groups excluding carboxylic acids is 2. The summed E-state index contributed by atoms with van der Waals surface area (Å²) in [7, 11) is 0. The van der Waals surface area contributed by atoms with Gasteiger partial charge in [0.15, 0.2) is 5.78 Å². The molecular weight excluding hydrogens is 306 g/mol. The summed E-state index contributed by atoms with van der Waals surface area (Å²) in [5.41, 5.74) is 1.30. The number of likely N-dealkylation sites (tertiary alicyclic amines) is 1. The third-order valence-corrected chi connectivity index (χ3v) is 4.31. The Hall–Kier alpha value is -1.16. The summed E-state index contributed by atoms with van der Waals surface area (Å²) < 4.78 is 0.880. The van der Waals surface area contributed by atoms with E-state index < -0.39 is 0 Å². The summed E-state index contributed by atoms with van der Waals surface area (Å²) in [4.78, 5) is 26.1. The Morgan fingerprint density at radius 3 is 2.68 bits per heavy atom. The molecule has 1 amide bonds. The number of ketones is 1. The molecule has 0 spiro atoms. The molecule has 0 aliphatic carbocycles. The number of halogens is 1. The van der Waals surface area contributed by atoms with Gasteiger partial charge in [-0.25, -0.2) is 0 Å². The van der Waals surface area contributed by atoms with Crippen molar-refractivity contribution in [3.8, 4) is 0 Å². The van der Waals surface area contributed by atoms with Gasteiger partial charge in [0.05, 0.1) is 6.54 Å². The van der Waals surface area contributed by atoms with Crippen molar-refractivity contribution >= 4 is 27.6 Å². The molecule has 0 aromatic heterocycles. The Kier molecular flexibility index (Phi) is 3.81. The molecule has 0 saturated carbocycles. The number of aryl methyl sites for hydroxylation is 1. The maximum Gasteiger partial charge on any atom is 0.254 e.